The van der Waals surface area contributed by atoms with E-state index in [1.807, 2.05) is 27.7 Å². The fourth-order valence-electron chi connectivity index (χ4n) is 1.63. The first kappa shape index (κ1) is 19.2. The maximum absolute atomic E-state index is 11.5. The molecule has 0 saturated heterocycles. The molecule has 0 saturated carbocycles. The van der Waals surface area contributed by atoms with Gasteiger partial charge in [-0.25, -0.2) is 4.79 Å². The summed E-state index contributed by atoms with van der Waals surface area (Å²) in [4.78, 5) is 33.4. The largest absolute Gasteiger partial charge is 0.481 e. The van der Waals surface area contributed by atoms with E-state index in [-0.39, 0.29) is 30.3 Å². The summed E-state index contributed by atoms with van der Waals surface area (Å²) in [6.07, 6.45) is 1.43. The van der Waals surface area contributed by atoms with Crippen molar-refractivity contribution in [2.24, 2.45) is 5.92 Å². The van der Waals surface area contributed by atoms with Crippen molar-refractivity contribution in [1.82, 2.24) is 16.0 Å². The molecule has 1 atom stereocenters. The molecule has 0 aromatic carbocycles. The number of carbonyl (C=O) groups is 3. The molecule has 0 aromatic rings. The molecule has 7 nitrogen and oxygen atoms in total. The highest BCUT2D eigenvalue weighted by Gasteiger charge is 2.14. The molecule has 122 valence electrons. The highest BCUT2D eigenvalue weighted by atomic mass is 16.4. The Labute approximate surface area is 125 Å². The molecule has 0 aromatic heterocycles. The average molecular weight is 301 g/mol. The Kier molecular flexibility index (Phi) is 8.42. The molecule has 0 fully saturated rings. The molecule has 4 N–H and O–H groups in total. The van der Waals surface area contributed by atoms with Crippen LogP contribution in [0, 0.1) is 5.92 Å². The Bertz CT molecular complexity index is 364. The van der Waals surface area contributed by atoms with Crippen LogP contribution < -0.4 is 16.0 Å². The van der Waals surface area contributed by atoms with Crippen molar-refractivity contribution in [2.45, 2.75) is 52.5 Å². The first-order valence-electron chi connectivity index (χ1n) is 7.14. The quantitative estimate of drug-likeness (QED) is 0.538. The van der Waals surface area contributed by atoms with E-state index in [1.54, 1.807) is 0 Å². The number of aliphatic carboxylic acids is 1. The molecule has 0 rings (SSSR count). The van der Waals surface area contributed by atoms with Crippen molar-refractivity contribution in [3.8, 4) is 0 Å². The zero-order valence-corrected chi connectivity index (χ0v) is 13.3. The van der Waals surface area contributed by atoms with Crippen LogP contribution in [0.2, 0.25) is 0 Å². The third kappa shape index (κ3) is 13.0. The van der Waals surface area contributed by atoms with Gasteiger partial charge >= 0.3 is 12.0 Å². The zero-order valence-electron chi connectivity index (χ0n) is 13.3. The predicted octanol–water partition coefficient (Wildman–Crippen LogP) is 1.09. The van der Waals surface area contributed by atoms with Crippen LogP contribution in [-0.4, -0.2) is 41.6 Å². The van der Waals surface area contributed by atoms with Gasteiger partial charge in [-0.3, -0.25) is 9.59 Å². The number of carboxylic acids is 1. The monoisotopic (exact) mass is 301 g/mol. The zero-order chi connectivity index (χ0) is 16.5. The molecule has 0 spiro atoms. The Morgan fingerprint density at radius 1 is 1.10 bits per heavy atom. The van der Waals surface area contributed by atoms with Crippen molar-refractivity contribution < 1.29 is 19.5 Å². The molecule has 0 aliphatic carbocycles. The van der Waals surface area contributed by atoms with Gasteiger partial charge in [0.1, 0.15) is 0 Å². The van der Waals surface area contributed by atoms with Crippen LogP contribution in [0.25, 0.3) is 0 Å². The molecule has 7 heteroatoms. The van der Waals surface area contributed by atoms with Crippen LogP contribution in [0.1, 0.15) is 47.0 Å². The van der Waals surface area contributed by atoms with E-state index in [4.69, 9.17) is 5.11 Å². The van der Waals surface area contributed by atoms with Crippen LogP contribution in [0.4, 0.5) is 4.79 Å². The lowest BCUT2D eigenvalue weighted by Crippen LogP contribution is -2.47. The summed E-state index contributed by atoms with van der Waals surface area (Å²) in [5.41, 5.74) is -0.325. The summed E-state index contributed by atoms with van der Waals surface area (Å²) in [6, 6.07) is -0.399. The van der Waals surface area contributed by atoms with Gasteiger partial charge in [0.25, 0.3) is 0 Å². The maximum Gasteiger partial charge on any atom is 0.315 e. The molecule has 0 aliphatic rings. The summed E-state index contributed by atoms with van der Waals surface area (Å²) < 4.78 is 0. The minimum Gasteiger partial charge on any atom is -0.481 e. The lowest BCUT2D eigenvalue weighted by molar-refractivity contribution is -0.137. The van der Waals surface area contributed by atoms with Crippen LogP contribution in [-0.2, 0) is 9.59 Å². The van der Waals surface area contributed by atoms with Crippen molar-refractivity contribution in [3.05, 3.63) is 0 Å². The normalized spacial score (nSPS) is 12.4. The first-order valence-corrected chi connectivity index (χ1v) is 7.14. The summed E-state index contributed by atoms with van der Waals surface area (Å²) >= 11 is 0. The fraction of sp³-hybridized carbons (Fsp3) is 0.786. The molecule has 0 bridgehead atoms. The molecule has 21 heavy (non-hydrogen) atoms. The molecule has 0 heterocycles. The summed E-state index contributed by atoms with van der Waals surface area (Å²) in [7, 11) is 0. The van der Waals surface area contributed by atoms with E-state index in [1.165, 1.54) is 0 Å². The Hall–Kier alpha value is -1.79. The minimum atomic E-state index is -0.808. The molecule has 0 radical (unpaired) electrons. The summed E-state index contributed by atoms with van der Waals surface area (Å²) in [5.74, 6) is -0.824. The van der Waals surface area contributed by atoms with E-state index >= 15 is 0 Å². The number of hydrogen-bond donors (Lipinski definition) is 4. The predicted molar refractivity (Wildman–Crippen MR) is 79.9 cm³/mol. The Balaban J connectivity index is 3.72. The number of rotatable bonds is 8. The van der Waals surface area contributed by atoms with Gasteiger partial charge in [-0.2, -0.15) is 0 Å². The smallest absolute Gasteiger partial charge is 0.315 e. The second kappa shape index (κ2) is 9.20. The molecule has 3 amide bonds. The molecular weight excluding hydrogens is 274 g/mol. The van der Waals surface area contributed by atoms with E-state index in [2.05, 4.69) is 16.0 Å². The summed E-state index contributed by atoms with van der Waals surface area (Å²) in [5, 5.41) is 16.4. The molecular formula is C14H27N3O4. The highest BCUT2D eigenvalue weighted by molar-refractivity contribution is 5.84. The van der Waals surface area contributed by atoms with Gasteiger partial charge in [-0.15, -0.1) is 0 Å². The highest BCUT2D eigenvalue weighted by Crippen LogP contribution is 2.08. The number of nitrogens with one attached hydrogen (secondary N) is 3. The average Bonchev–Trinajstić information content (AvgIpc) is 2.32. The lowest BCUT2D eigenvalue weighted by Gasteiger charge is -2.20. The Morgan fingerprint density at radius 2 is 1.71 bits per heavy atom. The lowest BCUT2D eigenvalue weighted by atomic mass is 10.0. The van der Waals surface area contributed by atoms with Crippen LogP contribution in [0.5, 0.6) is 0 Å². The standard InChI is InChI=1S/C14H27N3O4/c1-10(5-6-12(19)20)7-8-15-13(21)16-9-11(18)17-14(2,3)4/h10H,5-9H2,1-4H3,(H,17,18)(H,19,20)(H2,15,16,21). The number of amides is 3. The first-order chi connectivity index (χ1) is 9.60. The topological polar surface area (TPSA) is 108 Å². The van der Waals surface area contributed by atoms with Crippen LogP contribution in [0.3, 0.4) is 0 Å². The van der Waals surface area contributed by atoms with Gasteiger partial charge in [0.2, 0.25) is 5.91 Å². The van der Waals surface area contributed by atoms with Crippen molar-refractivity contribution in [1.29, 1.82) is 0 Å². The van der Waals surface area contributed by atoms with Crippen molar-refractivity contribution in [3.63, 3.8) is 0 Å². The second-order valence-electron chi connectivity index (χ2n) is 6.23. The van der Waals surface area contributed by atoms with Gasteiger partial charge in [-0.05, 0) is 39.5 Å². The summed E-state index contributed by atoms with van der Waals surface area (Å²) in [6.45, 7) is 7.92. The van der Waals surface area contributed by atoms with Crippen molar-refractivity contribution >= 4 is 17.9 Å². The van der Waals surface area contributed by atoms with E-state index in [0.717, 1.165) is 0 Å². The minimum absolute atomic E-state index is 0.0718. The van der Waals surface area contributed by atoms with Gasteiger partial charge in [0.05, 0.1) is 6.54 Å². The Morgan fingerprint density at radius 3 is 2.24 bits per heavy atom. The van der Waals surface area contributed by atoms with Gasteiger partial charge < -0.3 is 21.1 Å². The van der Waals surface area contributed by atoms with E-state index in [9.17, 15) is 14.4 Å². The maximum atomic E-state index is 11.5. The fourth-order valence-corrected chi connectivity index (χ4v) is 1.63. The second-order valence-corrected chi connectivity index (χ2v) is 6.23. The van der Waals surface area contributed by atoms with Gasteiger partial charge in [0, 0.05) is 18.5 Å². The number of carboxylic acid groups (broad SMARTS) is 1. The number of hydrogen-bond acceptors (Lipinski definition) is 3. The third-order valence-electron chi connectivity index (χ3n) is 2.70. The van der Waals surface area contributed by atoms with E-state index < -0.39 is 12.0 Å². The molecule has 1 unspecified atom stereocenters. The van der Waals surface area contributed by atoms with Gasteiger partial charge in [0.15, 0.2) is 0 Å². The van der Waals surface area contributed by atoms with Crippen molar-refractivity contribution in [2.75, 3.05) is 13.1 Å². The number of urea groups is 1. The van der Waals surface area contributed by atoms with Crippen LogP contribution >= 0.6 is 0 Å². The number of carbonyl (C=O) groups excluding carboxylic acids is 2. The van der Waals surface area contributed by atoms with Crippen LogP contribution in [0.15, 0.2) is 0 Å². The molecule has 0 aliphatic heterocycles. The van der Waals surface area contributed by atoms with E-state index in [0.29, 0.717) is 19.4 Å². The third-order valence-corrected chi connectivity index (χ3v) is 2.70. The SMILES string of the molecule is CC(CCNC(=O)NCC(=O)NC(C)(C)C)CCC(=O)O. The van der Waals surface area contributed by atoms with Gasteiger partial charge in [-0.1, -0.05) is 6.92 Å².